The highest BCUT2D eigenvalue weighted by atomic mass is 16.5. The van der Waals surface area contributed by atoms with Crippen molar-refractivity contribution in [1.29, 1.82) is 0 Å². The Hall–Kier alpha value is -3.08. The van der Waals surface area contributed by atoms with Crippen molar-refractivity contribution in [3.63, 3.8) is 0 Å². The van der Waals surface area contributed by atoms with Gasteiger partial charge in [0.1, 0.15) is 11.6 Å². The lowest BCUT2D eigenvalue weighted by atomic mass is 10.2. The second-order valence-corrected chi connectivity index (χ2v) is 6.98. The molecule has 0 aliphatic carbocycles. The third kappa shape index (κ3) is 5.22. The molecule has 1 heterocycles. The van der Waals surface area contributed by atoms with Crippen molar-refractivity contribution >= 4 is 17.5 Å². The number of aryl methyl sites for hydroxylation is 1. The minimum absolute atomic E-state index is 0.278. The van der Waals surface area contributed by atoms with Crippen LogP contribution in [0, 0.1) is 6.92 Å². The molecule has 5 nitrogen and oxygen atoms in total. The van der Waals surface area contributed by atoms with Crippen LogP contribution in [0.3, 0.4) is 0 Å². The number of rotatable bonds is 8. The third-order valence-corrected chi connectivity index (χ3v) is 4.36. The molecule has 1 N–H and O–H groups in total. The number of benzene rings is 2. The van der Waals surface area contributed by atoms with Gasteiger partial charge in [-0.2, -0.15) is 4.98 Å². The normalized spacial score (nSPS) is 10.8. The summed E-state index contributed by atoms with van der Waals surface area (Å²) in [5.74, 6) is 2.37. The van der Waals surface area contributed by atoms with E-state index in [1.807, 2.05) is 50.2 Å². The van der Waals surface area contributed by atoms with Crippen molar-refractivity contribution in [1.82, 2.24) is 9.97 Å². The number of ether oxygens (including phenoxy) is 1. The van der Waals surface area contributed by atoms with Crippen molar-refractivity contribution in [3.8, 4) is 5.75 Å². The van der Waals surface area contributed by atoms with Crippen molar-refractivity contribution in [2.75, 3.05) is 16.8 Å². The summed E-state index contributed by atoms with van der Waals surface area (Å²) in [6.07, 6.45) is 0. The van der Waals surface area contributed by atoms with Gasteiger partial charge in [-0.25, -0.2) is 4.98 Å². The summed E-state index contributed by atoms with van der Waals surface area (Å²) < 4.78 is 5.50. The van der Waals surface area contributed by atoms with E-state index in [4.69, 9.17) is 9.72 Å². The molecule has 0 atom stereocenters. The highest BCUT2D eigenvalue weighted by Gasteiger charge is 2.15. The molecule has 146 valence electrons. The van der Waals surface area contributed by atoms with Crippen LogP contribution in [0.15, 0.2) is 60.7 Å². The zero-order valence-corrected chi connectivity index (χ0v) is 17.0. The Bertz CT molecular complexity index is 879. The first kappa shape index (κ1) is 19.7. The van der Waals surface area contributed by atoms with E-state index in [9.17, 15) is 0 Å². The SMILES string of the molecule is CCOc1ccc(Nc2cc(C)nc(N(Cc3ccccc3)C(C)C)n2)cc1. The van der Waals surface area contributed by atoms with E-state index < -0.39 is 0 Å². The maximum Gasteiger partial charge on any atom is 0.228 e. The maximum atomic E-state index is 5.50. The summed E-state index contributed by atoms with van der Waals surface area (Å²) in [6, 6.07) is 20.5. The van der Waals surface area contributed by atoms with E-state index in [0.717, 1.165) is 35.4 Å². The molecule has 1 aromatic heterocycles. The predicted octanol–water partition coefficient (Wildman–Crippen LogP) is 5.34. The lowest BCUT2D eigenvalue weighted by molar-refractivity contribution is 0.340. The fourth-order valence-corrected chi connectivity index (χ4v) is 2.96. The van der Waals surface area contributed by atoms with Crippen LogP contribution in [0.4, 0.5) is 17.5 Å². The molecule has 0 amide bonds. The molecule has 0 spiro atoms. The fraction of sp³-hybridized carbons (Fsp3) is 0.304. The van der Waals surface area contributed by atoms with Crippen molar-refractivity contribution < 1.29 is 4.74 Å². The van der Waals surface area contributed by atoms with Crippen LogP contribution < -0.4 is 15.0 Å². The number of nitrogens with one attached hydrogen (secondary N) is 1. The maximum absolute atomic E-state index is 5.50. The van der Waals surface area contributed by atoms with Gasteiger partial charge in [0.05, 0.1) is 6.61 Å². The number of aromatic nitrogens is 2. The fourth-order valence-electron chi connectivity index (χ4n) is 2.96. The summed E-state index contributed by atoms with van der Waals surface area (Å²) in [6.45, 7) is 9.73. The van der Waals surface area contributed by atoms with Crippen molar-refractivity contribution in [2.45, 2.75) is 40.3 Å². The zero-order valence-electron chi connectivity index (χ0n) is 17.0. The summed E-state index contributed by atoms with van der Waals surface area (Å²) in [4.78, 5) is 11.7. The molecule has 0 radical (unpaired) electrons. The van der Waals surface area contributed by atoms with Gasteiger partial charge >= 0.3 is 0 Å². The zero-order chi connectivity index (χ0) is 19.9. The van der Waals surface area contributed by atoms with Gasteiger partial charge in [0.15, 0.2) is 0 Å². The van der Waals surface area contributed by atoms with Gasteiger partial charge in [0.2, 0.25) is 5.95 Å². The number of hydrogen-bond donors (Lipinski definition) is 1. The Labute approximate surface area is 167 Å². The number of hydrogen-bond acceptors (Lipinski definition) is 5. The molecule has 3 aromatic rings. The quantitative estimate of drug-likeness (QED) is 0.575. The number of nitrogens with zero attached hydrogens (tertiary/aromatic N) is 3. The second kappa shape index (κ2) is 9.22. The van der Waals surface area contributed by atoms with Crippen LogP contribution in [0.1, 0.15) is 32.0 Å². The van der Waals surface area contributed by atoms with Crippen LogP contribution in [0.2, 0.25) is 0 Å². The molecule has 0 aliphatic rings. The predicted molar refractivity (Wildman–Crippen MR) is 115 cm³/mol. The van der Waals surface area contributed by atoms with Crippen molar-refractivity contribution in [3.05, 3.63) is 71.9 Å². The van der Waals surface area contributed by atoms with Gasteiger partial charge in [-0.05, 0) is 57.5 Å². The van der Waals surface area contributed by atoms with Gasteiger partial charge in [0.25, 0.3) is 0 Å². The Morgan fingerprint density at radius 2 is 1.71 bits per heavy atom. The van der Waals surface area contributed by atoms with Gasteiger partial charge in [-0.3, -0.25) is 0 Å². The van der Waals surface area contributed by atoms with Crippen LogP contribution >= 0.6 is 0 Å². The van der Waals surface area contributed by atoms with Gasteiger partial charge in [0, 0.05) is 30.0 Å². The lowest BCUT2D eigenvalue weighted by Gasteiger charge is -2.27. The van der Waals surface area contributed by atoms with E-state index in [0.29, 0.717) is 6.61 Å². The third-order valence-electron chi connectivity index (χ3n) is 4.36. The molecule has 0 fully saturated rings. The highest BCUT2D eigenvalue weighted by Crippen LogP contribution is 2.23. The minimum Gasteiger partial charge on any atom is -0.494 e. The lowest BCUT2D eigenvalue weighted by Crippen LogP contribution is -2.32. The first-order valence-corrected chi connectivity index (χ1v) is 9.71. The summed E-state index contributed by atoms with van der Waals surface area (Å²) in [5.41, 5.74) is 3.13. The van der Waals surface area contributed by atoms with E-state index in [1.165, 1.54) is 5.56 Å². The summed E-state index contributed by atoms with van der Waals surface area (Å²) >= 11 is 0. The van der Waals surface area contributed by atoms with Gasteiger partial charge in [-0.1, -0.05) is 30.3 Å². The smallest absolute Gasteiger partial charge is 0.228 e. The second-order valence-electron chi connectivity index (χ2n) is 6.98. The average Bonchev–Trinajstić information content (AvgIpc) is 2.68. The van der Waals surface area contributed by atoms with E-state index in [2.05, 4.69) is 53.3 Å². The molecule has 0 aliphatic heterocycles. The van der Waals surface area contributed by atoms with Crippen LogP contribution in [0.5, 0.6) is 5.75 Å². The van der Waals surface area contributed by atoms with Gasteiger partial charge in [-0.15, -0.1) is 0 Å². The average molecular weight is 377 g/mol. The Morgan fingerprint density at radius 1 is 1.00 bits per heavy atom. The molecular weight excluding hydrogens is 348 g/mol. The van der Waals surface area contributed by atoms with Crippen LogP contribution in [0.25, 0.3) is 0 Å². The standard InChI is InChI=1S/C23H28N4O/c1-5-28-21-13-11-20(12-14-21)25-22-15-18(4)24-23(26-22)27(17(2)3)16-19-9-7-6-8-10-19/h6-15,17H,5,16H2,1-4H3,(H,24,25,26). The first-order chi connectivity index (χ1) is 13.5. The van der Waals surface area contributed by atoms with Crippen LogP contribution in [-0.2, 0) is 6.54 Å². The first-order valence-electron chi connectivity index (χ1n) is 9.71. The molecule has 3 rings (SSSR count). The molecule has 0 saturated heterocycles. The van der Waals surface area contributed by atoms with E-state index in [-0.39, 0.29) is 6.04 Å². The molecule has 0 saturated carbocycles. The van der Waals surface area contributed by atoms with E-state index >= 15 is 0 Å². The minimum atomic E-state index is 0.278. The number of anilines is 3. The van der Waals surface area contributed by atoms with Crippen molar-refractivity contribution in [2.24, 2.45) is 0 Å². The highest BCUT2D eigenvalue weighted by molar-refractivity contribution is 5.58. The topological polar surface area (TPSA) is 50.3 Å². The molecule has 0 bridgehead atoms. The largest absolute Gasteiger partial charge is 0.494 e. The molecule has 28 heavy (non-hydrogen) atoms. The molecule has 5 heteroatoms. The van der Waals surface area contributed by atoms with E-state index in [1.54, 1.807) is 0 Å². The summed E-state index contributed by atoms with van der Waals surface area (Å²) in [7, 11) is 0. The Balaban J connectivity index is 1.82. The molecule has 0 unspecified atom stereocenters. The molecular formula is C23H28N4O. The van der Waals surface area contributed by atoms with Crippen LogP contribution in [-0.4, -0.2) is 22.6 Å². The Kier molecular flexibility index (Phi) is 6.48. The molecule has 2 aromatic carbocycles. The summed E-state index contributed by atoms with van der Waals surface area (Å²) in [5, 5.41) is 3.38. The van der Waals surface area contributed by atoms with Gasteiger partial charge < -0.3 is 15.0 Å². The Morgan fingerprint density at radius 3 is 2.36 bits per heavy atom. The monoisotopic (exact) mass is 376 g/mol.